The SMILES string of the molecule is CNC(=O)c1c(-c2ccc(F)cc2)nn2cc(NS(=O)(=O)CCc3ccc(Br)c(C)c3)c(C3CC3)cc12. The van der Waals surface area contributed by atoms with Gasteiger partial charge >= 0.3 is 0 Å². The van der Waals surface area contributed by atoms with Gasteiger partial charge in [-0.1, -0.05) is 28.1 Å². The summed E-state index contributed by atoms with van der Waals surface area (Å²) in [4.78, 5) is 12.9. The number of hydrogen-bond donors (Lipinski definition) is 2. The Kier molecular flexibility index (Phi) is 6.80. The number of halogens is 2. The Morgan fingerprint density at radius 2 is 1.89 bits per heavy atom. The number of amides is 1. The second-order valence-electron chi connectivity index (χ2n) is 9.31. The fraction of sp³-hybridized carbons (Fsp3) is 0.259. The van der Waals surface area contributed by atoms with Crippen molar-refractivity contribution in [3.63, 3.8) is 0 Å². The van der Waals surface area contributed by atoms with Gasteiger partial charge < -0.3 is 5.32 Å². The van der Waals surface area contributed by atoms with E-state index in [1.807, 2.05) is 31.2 Å². The Labute approximate surface area is 223 Å². The highest BCUT2D eigenvalue weighted by atomic mass is 79.9. The maximum Gasteiger partial charge on any atom is 0.255 e. The maximum atomic E-state index is 13.5. The van der Waals surface area contributed by atoms with Crippen molar-refractivity contribution in [3.8, 4) is 11.3 Å². The molecule has 0 spiro atoms. The van der Waals surface area contributed by atoms with Gasteiger partial charge in [0.2, 0.25) is 10.0 Å². The number of benzene rings is 2. The van der Waals surface area contributed by atoms with Crippen molar-refractivity contribution in [2.45, 2.75) is 32.1 Å². The molecule has 2 N–H and O–H groups in total. The van der Waals surface area contributed by atoms with Gasteiger partial charge in [0, 0.05) is 17.1 Å². The monoisotopic (exact) mass is 584 g/mol. The molecular formula is C27H26BrFN4O3S. The second-order valence-corrected chi connectivity index (χ2v) is 12.0. The Hall–Kier alpha value is -3.24. The van der Waals surface area contributed by atoms with Crippen molar-refractivity contribution in [1.82, 2.24) is 14.9 Å². The molecular weight excluding hydrogens is 559 g/mol. The number of rotatable bonds is 8. The molecule has 2 heterocycles. The van der Waals surface area contributed by atoms with Crippen molar-refractivity contribution >= 4 is 43.1 Å². The fourth-order valence-corrected chi connectivity index (χ4v) is 5.77. The Bertz CT molecular complexity index is 1610. The van der Waals surface area contributed by atoms with Crippen molar-refractivity contribution in [3.05, 3.63) is 87.3 Å². The van der Waals surface area contributed by atoms with Crippen LogP contribution in [-0.4, -0.2) is 36.7 Å². The normalized spacial score (nSPS) is 13.6. The fourth-order valence-electron chi connectivity index (χ4n) is 4.42. The number of carbonyl (C=O) groups is 1. The quantitative estimate of drug-likeness (QED) is 0.289. The molecule has 0 radical (unpaired) electrons. The molecule has 1 amide bonds. The van der Waals surface area contributed by atoms with Crippen LogP contribution in [0.3, 0.4) is 0 Å². The van der Waals surface area contributed by atoms with E-state index in [9.17, 15) is 17.6 Å². The van der Waals surface area contributed by atoms with Crippen LogP contribution < -0.4 is 10.0 Å². The van der Waals surface area contributed by atoms with Crippen LogP contribution >= 0.6 is 15.9 Å². The van der Waals surface area contributed by atoms with Crippen LogP contribution in [0.15, 0.2) is 59.2 Å². The summed E-state index contributed by atoms with van der Waals surface area (Å²) in [6.07, 6.45) is 3.89. The molecule has 4 aromatic rings. The van der Waals surface area contributed by atoms with Crippen LogP contribution in [0.1, 0.15) is 45.8 Å². The highest BCUT2D eigenvalue weighted by Crippen LogP contribution is 2.45. The first kappa shape index (κ1) is 25.4. The number of fused-ring (bicyclic) bond motifs is 1. The summed E-state index contributed by atoms with van der Waals surface area (Å²) in [5, 5.41) is 7.26. The summed E-state index contributed by atoms with van der Waals surface area (Å²) in [7, 11) is -2.12. The van der Waals surface area contributed by atoms with E-state index in [1.54, 1.807) is 18.3 Å². The highest BCUT2D eigenvalue weighted by Gasteiger charge is 2.30. The summed E-state index contributed by atoms with van der Waals surface area (Å²) in [6.45, 7) is 1.97. The molecule has 1 fully saturated rings. The van der Waals surface area contributed by atoms with Crippen LogP contribution in [0, 0.1) is 12.7 Å². The molecule has 0 saturated heterocycles. The summed E-state index contributed by atoms with van der Waals surface area (Å²) in [5.41, 5.74) is 5.19. The third-order valence-electron chi connectivity index (χ3n) is 6.54. The zero-order valence-corrected chi connectivity index (χ0v) is 22.8. The van der Waals surface area contributed by atoms with Crippen molar-refractivity contribution in [1.29, 1.82) is 0 Å². The van der Waals surface area contributed by atoms with Gasteiger partial charge in [-0.3, -0.25) is 9.52 Å². The minimum Gasteiger partial charge on any atom is -0.355 e. The molecule has 5 rings (SSSR count). The van der Waals surface area contributed by atoms with Crippen LogP contribution in [0.2, 0.25) is 0 Å². The summed E-state index contributed by atoms with van der Waals surface area (Å²) in [5.74, 6) is -0.577. The largest absolute Gasteiger partial charge is 0.355 e. The maximum absolute atomic E-state index is 13.5. The zero-order valence-electron chi connectivity index (χ0n) is 20.4. The first-order valence-corrected chi connectivity index (χ1v) is 14.4. The number of anilines is 1. The van der Waals surface area contributed by atoms with Crippen LogP contribution in [0.5, 0.6) is 0 Å². The van der Waals surface area contributed by atoms with Gasteiger partial charge in [0.25, 0.3) is 5.91 Å². The van der Waals surface area contributed by atoms with Crippen molar-refractivity contribution < 1.29 is 17.6 Å². The summed E-state index contributed by atoms with van der Waals surface area (Å²) in [6, 6.07) is 13.4. The van der Waals surface area contributed by atoms with Gasteiger partial charge in [-0.05, 0) is 85.2 Å². The predicted octanol–water partition coefficient (Wildman–Crippen LogP) is 5.43. The lowest BCUT2D eigenvalue weighted by molar-refractivity contribution is 0.0965. The van der Waals surface area contributed by atoms with E-state index in [0.29, 0.717) is 34.4 Å². The van der Waals surface area contributed by atoms with Crippen LogP contribution in [0.4, 0.5) is 10.1 Å². The highest BCUT2D eigenvalue weighted by molar-refractivity contribution is 9.10. The van der Waals surface area contributed by atoms with E-state index in [2.05, 4.69) is 31.1 Å². The lowest BCUT2D eigenvalue weighted by Crippen LogP contribution is -2.20. The van der Waals surface area contributed by atoms with Gasteiger partial charge in [-0.2, -0.15) is 5.10 Å². The van der Waals surface area contributed by atoms with Crippen LogP contribution in [-0.2, 0) is 16.4 Å². The molecule has 1 aliphatic carbocycles. The number of nitrogens with one attached hydrogen (secondary N) is 2. The van der Waals surface area contributed by atoms with Crippen molar-refractivity contribution in [2.75, 3.05) is 17.5 Å². The van der Waals surface area contributed by atoms with Gasteiger partial charge in [0.15, 0.2) is 0 Å². The average Bonchev–Trinajstić information content (AvgIpc) is 3.65. The smallest absolute Gasteiger partial charge is 0.255 e. The Morgan fingerprint density at radius 3 is 2.54 bits per heavy atom. The first-order chi connectivity index (χ1) is 17.6. The van der Waals surface area contributed by atoms with Gasteiger partial charge in [-0.15, -0.1) is 0 Å². The second kappa shape index (κ2) is 9.90. The molecule has 1 saturated carbocycles. The number of sulfonamides is 1. The number of hydrogen-bond acceptors (Lipinski definition) is 4. The number of aromatic nitrogens is 2. The van der Waals surface area contributed by atoms with Gasteiger partial charge in [-0.25, -0.2) is 17.3 Å². The summed E-state index contributed by atoms with van der Waals surface area (Å²) < 4.78 is 45.0. The van der Waals surface area contributed by atoms with Crippen LogP contribution in [0.25, 0.3) is 16.8 Å². The molecule has 0 unspecified atom stereocenters. The lowest BCUT2D eigenvalue weighted by atomic mass is 10.0. The molecule has 2 aromatic carbocycles. The number of nitrogens with zero attached hydrogens (tertiary/aromatic N) is 2. The molecule has 0 bridgehead atoms. The number of aryl methyl sites for hydroxylation is 2. The molecule has 7 nitrogen and oxygen atoms in total. The molecule has 1 aliphatic rings. The van der Waals surface area contributed by atoms with E-state index in [4.69, 9.17) is 0 Å². The van der Waals surface area contributed by atoms with E-state index in [1.165, 1.54) is 23.7 Å². The van der Waals surface area contributed by atoms with E-state index >= 15 is 0 Å². The Morgan fingerprint density at radius 1 is 1.16 bits per heavy atom. The lowest BCUT2D eigenvalue weighted by Gasteiger charge is -2.14. The number of pyridine rings is 1. The predicted molar refractivity (Wildman–Crippen MR) is 146 cm³/mol. The third kappa shape index (κ3) is 5.40. The standard InChI is InChI=1S/C27H26BrFN4O3S/c1-16-13-17(3-10-22(16)28)11-12-37(35,36)32-23-15-33-24(14-21(23)18-4-5-18)25(27(34)30-2)26(31-33)19-6-8-20(29)9-7-19/h3,6-10,13-15,18,32H,4-5,11-12H2,1-2H3,(H,30,34). The van der Waals surface area contributed by atoms with Gasteiger partial charge in [0.1, 0.15) is 11.5 Å². The van der Waals surface area contributed by atoms with Gasteiger partial charge in [0.05, 0.1) is 28.7 Å². The first-order valence-electron chi connectivity index (χ1n) is 11.9. The topological polar surface area (TPSA) is 92.6 Å². The summed E-state index contributed by atoms with van der Waals surface area (Å²) >= 11 is 3.47. The zero-order chi connectivity index (χ0) is 26.3. The van der Waals surface area contributed by atoms with E-state index < -0.39 is 10.0 Å². The number of carbonyl (C=O) groups excluding carboxylic acids is 1. The minimum absolute atomic E-state index is 0.0698. The van der Waals surface area contributed by atoms with E-state index in [0.717, 1.165) is 34.0 Å². The van der Waals surface area contributed by atoms with E-state index in [-0.39, 0.29) is 23.4 Å². The minimum atomic E-state index is -3.66. The van der Waals surface area contributed by atoms with Crippen molar-refractivity contribution in [2.24, 2.45) is 0 Å². The molecule has 192 valence electrons. The Balaban J connectivity index is 1.52. The third-order valence-corrected chi connectivity index (χ3v) is 8.70. The molecule has 2 aromatic heterocycles. The molecule has 0 atom stereocenters. The molecule has 0 aliphatic heterocycles. The molecule has 10 heteroatoms. The molecule has 37 heavy (non-hydrogen) atoms. The average molecular weight is 585 g/mol.